The molecule has 3 rings (SSSR count). The van der Waals surface area contributed by atoms with Gasteiger partial charge in [0.05, 0.1) is 6.61 Å². The van der Waals surface area contributed by atoms with Crippen molar-refractivity contribution in [1.82, 2.24) is 0 Å². The highest BCUT2D eigenvalue weighted by molar-refractivity contribution is 9.10. The molecule has 0 saturated carbocycles. The molecule has 1 aliphatic heterocycles. The summed E-state index contributed by atoms with van der Waals surface area (Å²) in [5.41, 5.74) is 9.96. The summed E-state index contributed by atoms with van der Waals surface area (Å²) in [6.45, 7) is 0.752. The Labute approximate surface area is 135 Å². The third-order valence-electron chi connectivity index (χ3n) is 3.52. The maximum atomic E-state index is 6.40. The fraction of sp³-hybridized carbons (Fsp3) is 0.250. The molecule has 0 radical (unpaired) electrons. The topological polar surface area (TPSA) is 35.2 Å². The van der Waals surface area contributed by atoms with Crippen molar-refractivity contribution in [2.24, 2.45) is 5.73 Å². The Balaban J connectivity index is 1.89. The number of fused-ring (bicyclic) bond motifs is 1. The van der Waals surface area contributed by atoms with Gasteiger partial charge in [-0.1, -0.05) is 44.0 Å². The van der Waals surface area contributed by atoms with Gasteiger partial charge in [0.15, 0.2) is 0 Å². The standard InChI is InChI=1S/C16H15Br2NO/c17-12-3-1-2-10(6-12)7-15(19)14-9-13(18)8-11-4-5-20-16(11)14/h1-3,6,8-9,15H,4-5,7,19H2. The zero-order valence-electron chi connectivity index (χ0n) is 10.9. The van der Waals surface area contributed by atoms with E-state index in [9.17, 15) is 0 Å². The van der Waals surface area contributed by atoms with Crippen LogP contribution >= 0.6 is 31.9 Å². The fourth-order valence-electron chi connectivity index (χ4n) is 2.60. The normalized spacial score (nSPS) is 14.8. The summed E-state index contributed by atoms with van der Waals surface area (Å²) in [6, 6.07) is 12.4. The second-order valence-electron chi connectivity index (χ2n) is 5.02. The number of ether oxygens (including phenoxy) is 1. The van der Waals surface area contributed by atoms with Gasteiger partial charge in [0.25, 0.3) is 0 Å². The van der Waals surface area contributed by atoms with E-state index < -0.39 is 0 Å². The van der Waals surface area contributed by atoms with Crippen molar-refractivity contribution in [3.8, 4) is 5.75 Å². The first-order valence-corrected chi connectivity index (χ1v) is 8.17. The maximum absolute atomic E-state index is 6.40. The summed E-state index contributed by atoms with van der Waals surface area (Å²) in [4.78, 5) is 0. The Kier molecular flexibility index (Phi) is 4.15. The number of nitrogens with two attached hydrogens (primary N) is 1. The van der Waals surface area contributed by atoms with Gasteiger partial charge in [-0.05, 0) is 41.8 Å². The van der Waals surface area contributed by atoms with Gasteiger partial charge in [-0.2, -0.15) is 0 Å². The van der Waals surface area contributed by atoms with Crippen molar-refractivity contribution >= 4 is 31.9 Å². The molecule has 104 valence electrons. The van der Waals surface area contributed by atoms with Crippen LogP contribution in [-0.4, -0.2) is 6.61 Å². The van der Waals surface area contributed by atoms with Crippen LogP contribution in [0.4, 0.5) is 0 Å². The number of halogens is 2. The van der Waals surface area contributed by atoms with Gasteiger partial charge in [-0.25, -0.2) is 0 Å². The molecule has 0 fully saturated rings. The van der Waals surface area contributed by atoms with Crippen LogP contribution in [0.25, 0.3) is 0 Å². The zero-order valence-corrected chi connectivity index (χ0v) is 14.1. The Morgan fingerprint density at radius 2 is 2.00 bits per heavy atom. The predicted octanol–water partition coefficient (Wildman–Crippen LogP) is 4.39. The number of hydrogen-bond acceptors (Lipinski definition) is 2. The van der Waals surface area contributed by atoms with E-state index in [0.29, 0.717) is 0 Å². The van der Waals surface area contributed by atoms with E-state index in [0.717, 1.165) is 39.7 Å². The first-order chi connectivity index (χ1) is 9.63. The Hall–Kier alpha value is -0.840. The summed E-state index contributed by atoms with van der Waals surface area (Å²) < 4.78 is 7.91. The van der Waals surface area contributed by atoms with Crippen molar-refractivity contribution in [3.05, 3.63) is 62.0 Å². The van der Waals surface area contributed by atoms with E-state index in [1.807, 2.05) is 12.1 Å². The minimum absolute atomic E-state index is 0.0614. The molecule has 2 aromatic carbocycles. The Morgan fingerprint density at radius 1 is 1.15 bits per heavy atom. The highest BCUT2D eigenvalue weighted by atomic mass is 79.9. The first kappa shape index (κ1) is 14.1. The second-order valence-corrected chi connectivity index (χ2v) is 6.85. The van der Waals surface area contributed by atoms with Gasteiger partial charge < -0.3 is 10.5 Å². The third-order valence-corrected chi connectivity index (χ3v) is 4.47. The Bertz CT molecular complexity index is 642. The highest BCUT2D eigenvalue weighted by Gasteiger charge is 2.21. The van der Waals surface area contributed by atoms with Crippen LogP contribution < -0.4 is 10.5 Å². The summed E-state index contributed by atoms with van der Waals surface area (Å²) >= 11 is 7.06. The van der Waals surface area contributed by atoms with Crippen molar-refractivity contribution in [1.29, 1.82) is 0 Å². The lowest BCUT2D eigenvalue weighted by molar-refractivity contribution is 0.351. The molecule has 0 bridgehead atoms. The quantitative estimate of drug-likeness (QED) is 0.834. The smallest absolute Gasteiger partial charge is 0.127 e. The molecule has 0 aliphatic carbocycles. The molecule has 2 aromatic rings. The molecule has 0 aromatic heterocycles. The zero-order chi connectivity index (χ0) is 14.1. The van der Waals surface area contributed by atoms with Crippen molar-refractivity contribution in [3.63, 3.8) is 0 Å². The molecule has 1 atom stereocenters. The number of benzene rings is 2. The molecule has 0 spiro atoms. The van der Waals surface area contributed by atoms with Gasteiger partial charge in [0, 0.05) is 27.0 Å². The molecule has 1 unspecified atom stereocenters. The number of hydrogen-bond donors (Lipinski definition) is 1. The van der Waals surface area contributed by atoms with Crippen LogP contribution in [0.3, 0.4) is 0 Å². The van der Waals surface area contributed by atoms with Gasteiger partial charge >= 0.3 is 0 Å². The van der Waals surface area contributed by atoms with Crippen molar-refractivity contribution in [2.75, 3.05) is 6.61 Å². The number of rotatable bonds is 3. The van der Waals surface area contributed by atoms with Crippen LogP contribution in [0.5, 0.6) is 5.75 Å². The van der Waals surface area contributed by atoms with Crippen LogP contribution in [0.15, 0.2) is 45.3 Å². The largest absolute Gasteiger partial charge is 0.493 e. The molecule has 1 aliphatic rings. The first-order valence-electron chi connectivity index (χ1n) is 6.58. The minimum Gasteiger partial charge on any atom is -0.493 e. The molecule has 4 heteroatoms. The molecular formula is C16H15Br2NO. The fourth-order valence-corrected chi connectivity index (χ4v) is 3.57. The molecule has 2 nitrogen and oxygen atoms in total. The van der Waals surface area contributed by atoms with E-state index in [-0.39, 0.29) is 6.04 Å². The van der Waals surface area contributed by atoms with Gasteiger partial charge in [0.2, 0.25) is 0 Å². The minimum atomic E-state index is -0.0614. The SMILES string of the molecule is NC(Cc1cccc(Br)c1)c1cc(Br)cc2c1OCC2. The average molecular weight is 397 g/mol. The highest BCUT2D eigenvalue weighted by Crippen LogP contribution is 2.36. The van der Waals surface area contributed by atoms with Crippen LogP contribution in [0.2, 0.25) is 0 Å². The lowest BCUT2D eigenvalue weighted by Crippen LogP contribution is -2.14. The van der Waals surface area contributed by atoms with Gasteiger partial charge in [-0.15, -0.1) is 0 Å². The molecular weight excluding hydrogens is 382 g/mol. The van der Waals surface area contributed by atoms with Gasteiger partial charge in [-0.3, -0.25) is 0 Å². The second kappa shape index (κ2) is 5.88. The lowest BCUT2D eigenvalue weighted by Gasteiger charge is -2.16. The third kappa shape index (κ3) is 2.92. The van der Waals surface area contributed by atoms with Crippen LogP contribution in [-0.2, 0) is 12.8 Å². The Morgan fingerprint density at radius 3 is 2.80 bits per heavy atom. The summed E-state index contributed by atoms with van der Waals surface area (Å²) in [5.74, 6) is 0.982. The van der Waals surface area contributed by atoms with Crippen LogP contribution in [0, 0.1) is 0 Å². The molecule has 2 N–H and O–H groups in total. The van der Waals surface area contributed by atoms with Crippen molar-refractivity contribution in [2.45, 2.75) is 18.9 Å². The van der Waals surface area contributed by atoms with E-state index in [4.69, 9.17) is 10.5 Å². The lowest BCUT2D eigenvalue weighted by atomic mass is 9.97. The molecule has 1 heterocycles. The summed E-state index contributed by atoms with van der Waals surface area (Å²) in [5, 5.41) is 0. The van der Waals surface area contributed by atoms with Crippen LogP contribution in [0.1, 0.15) is 22.7 Å². The monoisotopic (exact) mass is 395 g/mol. The van der Waals surface area contributed by atoms with Gasteiger partial charge in [0.1, 0.15) is 5.75 Å². The summed E-state index contributed by atoms with van der Waals surface area (Å²) in [7, 11) is 0. The average Bonchev–Trinajstić information content (AvgIpc) is 2.85. The molecule has 0 saturated heterocycles. The van der Waals surface area contributed by atoms with E-state index in [1.165, 1.54) is 11.1 Å². The van der Waals surface area contributed by atoms with Crippen molar-refractivity contribution < 1.29 is 4.74 Å². The van der Waals surface area contributed by atoms with E-state index in [2.05, 4.69) is 56.1 Å². The molecule has 0 amide bonds. The molecule has 20 heavy (non-hydrogen) atoms. The van der Waals surface area contributed by atoms with E-state index >= 15 is 0 Å². The maximum Gasteiger partial charge on any atom is 0.127 e. The van der Waals surface area contributed by atoms with E-state index in [1.54, 1.807) is 0 Å². The predicted molar refractivity (Wildman–Crippen MR) is 88.1 cm³/mol. The summed E-state index contributed by atoms with van der Waals surface area (Å²) in [6.07, 6.45) is 1.76.